The minimum absolute atomic E-state index is 0.279. The van der Waals surface area contributed by atoms with E-state index in [-0.39, 0.29) is 11.6 Å². The van der Waals surface area contributed by atoms with Gasteiger partial charge in [-0.2, -0.15) is 0 Å². The van der Waals surface area contributed by atoms with Crippen molar-refractivity contribution in [3.05, 3.63) is 120 Å². The van der Waals surface area contributed by atoms with Gasteiger partial charge in [0.25, 0.3) is 0 Å². The van der Waals surface area contributed by atoms with Crippen molar-refractivity contribution >= 4 is 16.3 Å². The molecule has 2 N–H and O–H groups in total. The Morgan fingerprint density at radius 1 is 0.781 bits per heavy atom. The van der Waals surface area contributed by atoms with E-state index in [2.05, 4.69) is 39.9 Å². The Balaban J connectivity index is 1.32. The third-order valence-electron chi connectivity index (χ3n) is 5.33. The van der Waals surface area contributed by atoms with E-state index in [0.717, 1.165) is 41.7 Å². The predicted octanol–water partition coefficient (Wildman–Crippen LogP) is 5.32. The summed E-state index contributed by atoms with van der Waals surface area (Å²) in [5.74, 6) is -0.558. The molecule has 0 amide bonds. The molecule has 1 heterocycles. The second-order valence-corrected chi connectivity index (χ2v) is 7.53. The van der Waals surface area contributed by atoms with Gasteiger partial charge in [-0.05, 0) is 58.0 Å². The maximum absolute atomic E-state index is 13.3. The number of pyridine rings is 1. The number of nitrogens with one attached hydrogen (secondary N) is 2. The monoisotopic (exact) mass is 429 g/mol. The van der Waals surface area contributed by atoms with Gasteiger partial charge in [-0.25, -0.2) is 8.78 Å². The van der Waals surface area contributed by atoms with Gasteiger partial charge in [0, 0.05) is 44.0 Å². The van der Waals surface area contributed by atoms with Crippen LogP contribution in [0.3, 0.4) is 0 Å². The highest BCUT2D eigenvalue weighted by Gasteiger charge is 2.06. The van der Waals surface area contributed by atoms with Crippen molar-refractivity contribution in [3.63, 3.8) is 0 Å². The molecule has 0 atom stereocenters. The molecule has 0 aliphatic carbocycles. The predicted molar refractivity (Wildman–Crippen MR) is 126 cm³/mol. The number of benzene rings is 3. The average molecular weight is 430 g/mol. The van der Waals surface area contributed by atoms with E-state index in [1.54, 1.807) is 24.3 Å². The second kappa shape index (κ2) is 10.8. The van der Waals surface area contributed by atoms with Gasteiger partial charge < -0.3 is 10.6 Å². The van der Waals surface area contributed by atoms with Crippen LogP contribution in [-0.2, 0) is 6.54 Å². The summed E-state index contributed by atoms with van der Waals surface area (Å²) in [7, 11) is 0. The lowest BCUT2D eigenvalue weighted by molar-refractivity contribution is 0.627. The summed E-state index contributed by atoms with van der Waals surface area (Å²) in [5, 5.41) is 9.23. The molecule has 4 rings (SSSR count). The van der Waals surface area contributed by atoms with Crippen LogP contribution in [0.1, 0.15) is 16.7 Å². The largest absolute Gasteiger partial charge is 0.312 e. The van der Waals surface area contributed by atoms with Gasteiger partial charge in [0.2, 0.25) is 0 Å². The molecule has 0 radical (unpaired) electrons. The molecule has 3 aromatic carbocycles. The highest BCUT2D eigenvalue weighted by molar-refractivity contribution is 5.84. The summed E-state index contributed by atoms with van der Waals surface area (Å²) in [5.41, 5.74) is 3.97. The van der Waals surface area contributed by atoms with Crippen LogP contribution in [0.5, 0.6) is 0 Å². The quantitative estimate of drug-likeness (QED) is 0.354. The first-order chi connectivity index (χ1) is 15.7. The Hall–Kier alpha value is -3.41. The fraction of sp³-hybridized carbons (Fsp3) is 0.148. The van der Waals surface area contributed by atoms with Crippen molar-refractivity contribution in [2.75, 3.05) is 19.6 Å². The first-order valence-electron chi connectivity index (χ1n) is 10.7. The first kappa shape index (κ1) is 21.8. The zero-order valence-corrected chi connectivity index (χ0v) is 17.7. The molecule has 0 aliphatic rings. The lowest BCUT2D eigenvalue weighted by atomic mass is 9.97. The van der Waals surface area contributed by atoms with Gasteiger partial charge >= 0.3 is 0 Å². The SMILES string of the molecule is Fc1ccc(C(=CCNCCNCc2cccc3cnccc23)c2ccc(F)cc2)cc1. The smallest absolute Gasteiger partial charge is 0.123 e. The Morgan fingerprint density at radius 3 is 2.12 bits per heavy atom. The van der Waals surface area contributed by atoms with E-state index in [9.17, 15) is 8.78 Å². The van der Waals surface area contributed by atoms with Crippen molar-refractivity contribution in [2.45, 2.75) is 6.54 Å². The lowest BCUT2D eigenvalue weighted by Crippen LogP contribution is -2.27. The maximum Gasteiger partial charge on any atom is 0.123 e. The fourth-order valence-electron chi connectivity index (χ4n) is 3.68. The van der Waals surface area contributed by atoms with Gasteiger partial charge in [-0.15, -0.1) is 0 Å². The topological polar surface area (TPSA) is 37.0 Å². The van der Waals surface area contributed by atoms with E-state index in [0.29, 0.717) is 6.54 Å². The highest BCUT2D eigenvalue weighted by Crippen LogP contribution is 2.24. The van der Waals surface area contributed by atoms with Crippen molar-refractivity contribution in [2.24, 2.45) is 0 Å². The number of hydrogen-bond donors (Lipinski definition) is 2. The molecule has 0 unspecified atom stereocenters. The molecule has 0 fully saturated rings. The molecule has 0 saturated carbocycles. The van der Waals surface area contributed by atoms with Crippen molar-refractivity contribution in [1.29, 1.82) is 0 Å². The number of aromatic nitrogens is 1. The Morgan fingerprint density at radius 2 is 1.44 bits per heavy atom. The molecular formula is C27H25F2N3. The maximum atomic E-state index is 13.3. The van der Waals surface area contributed by atoms with E-state index in [4.69, 9.17) is 0 Å². The number of fused-ring (bicyclic) bond motifs is 1. The Kier molecular flexibility index (Phi) is 7.33. The summed E-state index contributed by atoms with van der Waals surface area (Å²) >= 11 is 0. The van der Waals surface area contributed by atoms with Crippen molar-refractivity contribution < 1.29 is 8.78 Å². The van der Waals surface area contributed by atoms with Crippen molar-refractivity contribution in [1.82, 2.24) is 15.6 Å². The van der Waals surface area contributed by atoms with Gasteiger partial charge in [0.05, 0.1) is 0 Å². The highest BCUT2D eigenvalue weighted by atomic mass is 19.1. The van der Waals surface area contributed by atoms with Crippen LogP contribution in [-0.4, -0.2) is 24.6 Å². The number of halogens is 2. The fourth-order valence-corrected chi connectivity index (χ4v) is 3.68. The molecule has 32 heavy (non-hydrogen) atoms. The van der Waals surface area contributed by atoms with Crippen molar-refractivity contribution in [3.8, 4) is 0 Å². The molecule has 1 aromatic heterocycles. The van der Waals surface area contributed by atoms with Crippen LogP contribution in [0.4, 0.5) is 8.78 Å². The minimum Gasteiger partial charge on any atom is -0.312 e. The number of hydrogen-bond acceptors (Lipinski definition) is 3. The van der Waals surface area contributed by atoms with Gasteiger partial charge in [-0.3, -0.25) is 4.98 Å². The van der Waals surface area contributed by atoms with Crippen LogP contribution < -0.4 is 10.6 Å². The van der Waals surface area contributed by atoms with Crippen LogP contribution in [0.15, 0.2) is 91.3 Å². The molecule has 3 nitrogen and oxygen atoms in total. The van der Waals surface area contributed by atoms with Crippen LogP contribution in [0.25, 0.3) is 16.3 Å². The van der Waals surface area contributed by atoms with E-state index >= 15 is 0 Å². The third kappa shape index (κ3) is 5.63. The molecule has 4 aromatic rings. The zero-order chi connectivity index (χ0) is 22.2. The molecular weight excluding hydrogens is 404 g/mol. The average Bonchev–Trinajstić information content (AvgIpc) is 2.82. The van der Waals surface area contributed by atoms with E-state index < -0.39 is 0 Å². The van der Waals surface area contributed by atoms with Gasteiger partial charge in [0.1, 0.15) is 11.6 Å². The molecule has 0 saturated heterocycles. The summed E-state index contributed by atoms with van der Waals surface area (Å²) in [4.78, 5) is 4.18. The van der Waals surface area contributed by atoms with Gasteiger partial charge in [-0.1, -0.05) is 48.5 Å². The molecule has 0 bridgehead atoms. The normalized spacial score (nSPS) is 10.9. The lowest BCUT2D eigenvalue weighted by Gasteiger charge is -2.11. The summed E-state index contributed by atoms with van der Waals surface area (Å²) in [6.45, 7) is 3.04. The second-order valence-electron chi connectivity index (χ2n) is 7.53. The third-order valence-corrected chi connectivity index (χ3v) is 5.33. The van der Waals surface area contributed by atoms with E-state index in [1.807, 2.05) is 18.5 Å². The number of rotatable bonds is 9. The Labute approximate surface area is 186 Å². The summed E-state index contributed by atoms with van der Waals surface area (Å²) in [6, 6.07) is 21.0. The Bertz CT molecular complexity index is 1130. The van der Waals surface area contributed by atoms with E-state index in [1.165, 1.54) is 35.2 Å². The van der Waals surface area contributed by atoms with Crippen LogP contribution in [0.2, 0.25) is 0 Å². The molecule has 0 aliphatic heterocycles. The van der Waals surface area contributed by atoms with Gasteiger partial charge in [0.15, 0.2) is 0 Å². The molecule has 0 spiro atoms. The summed E-state index contributed by atoms with van der Waals surface area (Å²) in [6.07, 6.45) is 5.75. The minimum atomic E-state index is -0.279. The van der Waals surface area contributed by atoms with Crippen LogP contribution in [0, 0.1) is 11.6 Å². The number of nitrogens with zero attached hydrogens (tertiary/aromatic N) is 1. The zero-order valence-electron chi connectivity index (χ0n) is 17.7. The van der Waals surface area contributed by atoms with Crippen LogP contribution >= 0.6 is 0 Å². The summed E-state index contributed by atoms with van der Waals surface area (Å²) < 4.78 is 26.7. The molecule has 162 valence electrons. The molecule has 5 heteroatoms. The standard InChI is InChI=1S/C27H25F2N3/c28-24-8-4-20(5-9-24)26(21-6-10-25(29)11-7-21)12-14-30-16-17-32-19-23-3-1-2-22-18-31-15-13-27(22)23/h1-13,15,18,30,32H,14,16-17,19H2. The first-order valence-corrected chi connectivity index (χ1v) is 10.7.